The first-order chi connectivity index (χ1) is 12.4. The quantitative estimate of drug-likeness (QED) is 0.499. The van der Waals surface area contributed by atoms with Crippen LogP contribution in [0.15, 0.2) is 0 Å². The molecular formula is C22H41ClN2O2. The van der Waals surface area contributed by atoms with Crippen molar-refractivity contribution in [2.75, 3.05) is 0 Å². The van der Waals surface area contributed by atoms with Gasteiger partial charge in [0.15, 0.2) is 0 Å². The second kappa shape index (κ2) is 7.12. The predicted molar refractivity (Wildman–Crippen MR) is 109 cm³/mol. The van der Waals surface area contributed by atoms with E-state index in [1.807, 2.05) is 12.2 Å². The highest BCUT2D eigenvalue weighted by atomic mass is 35.5. The molecule has 0 bridgehead atoms. The lowest BCUT2D eigenvalue weighted by atomic mass is 9.52. The van der Waals surface area contributed by atoms with Gasteiger partial charge >= 0.3 is 0 Å². The van der Waals surface area contributed by atoms with Crippen LogP contribution in [0.25, 0.3) is 0 Å². The molecule has 2 aliphatic carbocycles. The van der Waals surface area contributed by atoms with Gasteiger partial charge < -0.3 is 20.5 Å². The lowest BCUT2D eigenvalue weighted by Crippen LogP contribution is -2.94. The zero-order valence-corrected chi connectivity index (χ0v) is 18.7. The zero-order valence-electron chi connectivity index (χ0n) is 17.9. The number of fused-ring (bicyclic) bond motifs is 1. The number of halogens is 1. The van der Waals surface area contributed by atoms with E-state index in [0.717, 1.165) is 38.5 Å². The third-order valence-electron chi connectivity index (χ3n) is 8.58. The molecule has 1 heterocycles. The molecule has 1 saturated heterocycles. The standard InChI is InChI=1S/C22H41ClN2O2/c1-19(2,24-6)16-10-13-22(5,27-16)15-8-11-20(3,25-7)14-9-12-21(4,26)18(23)17(14)15/h14-18,26H,6-13,24-25H2,1-5H3. The summed E-state index contributed by atoms with van der Waals surface area (Å²) in [6, 6.07) is 0. The van der Waals surface area contributed by atoms with Crippen LogP contribution in [-0.4, -0.2) is 38.9 Å². The topological polar surface area (TPSA) is 62.7 Å². The van der Waals surface area contributed by atoms with Crippen LogP contribution in [0.4, 0.5) is 0 Å². The molecule has 8 atom stereocenters. The number of hydrogen-bond donors (Lipinski definition) is 3. The third-order valence-corrected chi connectivity index (χ3v) is 9.35. The van der Waals surface area contributed by atoms with E-state index in [2.05, 4.69) is 47.1 Å². The number of alkyl halides is 1. The molecule has 1 aliphatic heterocycles. The molecule has 0 amide bonds. The molecular weight excluding hydrogens is 360 g/mol. The summed E-state index contributed by atoms with van der Waals surface area (Å²) in [6.45, 7) is 11.0. The first-order valence-corrected chi connectivity index (χ1v) is 11.2. The van der Waals surface area contributed by atoms with Gasteiger partial charge in [0.05, 0.1) is 27.7 Å². The van der Waals surface area contributed by atoms with Crippen LogP contribution in [0.2, 0.25) is 0 Å². The number of nitrogens with two attached hydrogens (primary N) is 2. The summed E-state index contributed by atoms with van der Waals surface area (Å²) < 4.78 is 6.77. The highest BCUT2D eigenvalue weighted by Crippen LogP contribution is 2.57. The van der Waals surface area contributed by atoms with Gasteiger partial charge in [-0.2, -0.15) is 14.1 Å². The maximum absolute atomic E-state index is 11.0. The molecule has 0 spiro atoms. The maximum Gasteiger partial charge on any atom is 0.110 e. The molecule has 2 saturated carbocycles. The molecule has 0 aromatic heterocycles. The second-order valence-corrected chi connectivity index (χ2v) is 11.3. The van der Waals surface area contributed by atoms with E-state index in [4.69, 9.17) is 16.3 Å². The Balaban J connectivity index is 1.91. The van der Waals surface area contributed by atoms with Crippen molar-refractivity contribution in [2.45, 2.75) is 107 Å². The van der Waals surface area contributed by atoms with Crippen molar-refractivity contribution in [2.24, 2.45) is 17.8 Å². The van der Waals surface area contributed by atoms with Gasteiger partial charge in [0.2, 0.25) is 0 Å². The van der Waals surface area contributed by atoms with Crippen LogP contribution >= 0.6 is 11.6 Å². The number of ether oxygens (including phenoxy) is 1. The maximum atomic E-state index is 11.0. The second-order valence-electron chi connectivity index (χ2n) is 10.8. The zero-order chi connectivity index (χ0) is 20.3. The summed E-state index contributed by atoms with van der Waals surface area (Å²) in [5.41, 5.74) is -0.925. The van der Waals surface area contributed by atoms with Crippen molar-refractivity contribution >= 4 is 11.6 Å². The molecule has 158 valence electrons. The first-order valence-electron chi connectivity index (χ1n) is 10.7. The van der Waals surface area contributed by atoms with Crippen LogP contribution in [0.3, 0.4) is 0 Å². The van der Waals surface area contributed by atoms with E-state index in [-0.39, 0.29) is 34.1 Å². The van der Waals surface area contributed by atoms with Gasteiger partial charge in [0.25, 0.3) is 0 Å². The van der Waals surface area contributed by atoms with Crippen molar-refractivity contribution in [3.8, 4) is 0 Å². The summed E-state index contributed by atoms with van der Waals surface area (Å²) in [7, 11) is 8.17. The van der Waals surface area contributed by atoms with E-state index >= 15 is 0 Å². The van der Waals surface area contributed by atoms with Crippen LogP contribution in [-0.2, 0) is 4.74 Å². The van der Waals surface area contributed by atoms with Gasteiger partial charge in [-0.25, -0.2) is 0 Å². The third kappa shape index (κ3) is 3.59. The molecule has 3 rings (SSSR count). The minimum Gasteiger partial charge on any atom is -0.474 e. The van der Waals surface area contributed by atoms with Crippen molar-refractivity contribution in [3.63, 3.8) is 0 Å². The smallest absolute Gasteiger partial charge is 0.110 e. The van der Waals surface area contributed by atoms with Crippen molar-refractivity contribution in [1.82, 2.24) is 0 Å². The fourth-order valence-electron chi connectivity index (χ4n) is 6.25. The van der Waals surface area contributed by atoms with Gasteiger partial charge in [-0.15, -0.1) is 11.6 Å². The Morgan fingerprint density at radius 3 is 2.26 bits per heavy atom. The van der Waals surface area contributed by atoms with Crippen LogP contribution in [0, 0.1) is 31.8 Å². The van der Waals surface area contributed by atoms with E-state index in [1.54, 1.807) is 0 Å². The largest absolute Gasteiger partial charge is 0.474 e. The monoisotopic (exact) mass is 400 g/mol. The molecule has 0 radical (unpaired) electrons. The number of quaternary nitrogens is 2. The molecule has 27 heavy (non-hydrogen) atoms. The van der Waals surface area contributed by atoms with E-state index in [1.165, 1.54) is 0 Å². The minimum atomic E-state index is -0.810. The van der Waals surface area contributed by atoms with Crippen molar-refractivity contribution in [1.29, 1.82) is 0 Å². The summed E-state index contributed by atoms with van der Waals surface area (Å²) in [4.78, 5) is 0. The van der Waals surface area contributed by atoms with Gasteiger partial charge in [0, 0.05) is 12.3 Å². The average molecular weight is 401 g/mol. The van der Waals surface area contributed by atoms with Crippen LogP contribution < -0.4 is 10.6 Å². The van der Waals surface area contributed by atoms with Crippen molar-refractivity contribution < 1.29 is 20.5 Å². The predicted octanol–water partition coefficient (Wildman–Crippen LogP) is 1.97. The summed E-state index contributed by atoms with van der Waals surface area (Å²) in [5.74, 6) is 1.08. The lowest BCUT2D eigenvalue weighted by Gasteiger charge is -2.58. The lowest BCUT2D eigenvalue weighted by molar-refractivity contribution is -0.688. The Bertz CT molecular complexity index is 554. The van der Waals surface area contributed by atoms with Gasteiger partial charge in [-0.1, -0.05) is 0 Å². The summed E-state index contributed by atoms with van der Waals surface area (Å²) >= 11 is 7.00. The van der Waals surface area contributed by atoms with E-state index < -0.39 is 5.60 Å². The molecule has 0 aromatic carbocycles. The van der Waals surface area contributed by atoms with E-state index in [0.29, 0.717) is 11.8 Å². The molecule has 5 heteroatoms. The molecule has 4 nitrogen and oxygen atoms in total. The molecule has 0 aromatic rings. The van der Waals surface area contributed by atoms with Gasteiger partial charge in [-0.05, 0) is 78.6 Å². The highest BCUT2D eigenvalue weighted by molar-refractivity contribution is 6.21. The van der Waals surface area contributed by atoms with Gasteiger partial charge in [0.1, 0.15) is 6.10 Å². The van der Waals surface area contributed by atoms with Crippen LogP contribution in [0.1, 0.15) is 73.1 Å². The fourth-order valence-corrected chi connectivity index (χ4v) is 6.71. The molecule has 3 aliphatic rings. The molecule has 3 fully saturated rings. The number of aliphatic hydroxyl groups is 1. The van der Waals surface area contributed by atoms with Gasteiger partial charge in [-0.3, -0.25) is 0 Å². The normalized spacial score (nSPS) is 51.2. The Morgan fingerprint density at radius 2 is 1.67 bits per heavy atom. The summed E-state index contributed by atoms with van der Waals surface area (Å²) in [5, 5.41) is 14.9. The Hall–Kier alpha value is 0.130. The molecule has 8 unspecified atom stereocenters. The summed E-state index contributed by atoms with van der Waals surface area (Å²) in [6.07, 6.45) is 6.30. The minimum absolute atomic E-state index is 0.0279. The van der Waals surface area contributed by atoms with Crippen LogP contribution in [0.5, 0.6) is 0 Å². The Labute approximate surface area is 171 Å². The Morgan fingerprint density at radius 1 is 1.04 bits per heavy atom. The van der Waals surface area contributed by atoms with Crippen molar-refractivity contribution in [3.05, 3.63) is 14.1 Å². The van der Waals surface area contributed by atoms with E-state index in [9.17, 15) is 5.11 Å². The average Bonchev–Trinajstić information content (AvgIpc) is 3.02. The Kier molecular flexibility index (Phi) is 5.76. The SMILES string of the molecule is [CH2-][NH2+]C(C)(C)C1CCC(C)(C2CCC(C)([NH2+][CH2-])C3CCC(C)(O)C(Cl)C32)O1. The number of hydrogen-bond acceptors (Lipinski definition) is 2. The number of rotatable bonds is 4. The highest BCUT2D eigenvalue weighted by Gasteiger charge is 2.61. The molecule has 5 N–H and O–H groups in total. The fraction of sp³-hybridized carbons (Fsp3) is 0.909. The first kappa shape index (κ1) is 21.8.